The largest absolute Gasteiger partial charge is 0.497 e. The van der Waals surface area contributed by atoms with E-state index in [4.69, 9.17) is 4.74 Å². The first kappa shape index (κ1) is 22.7. The second-order valence-electron chi connectivity index (χ2n) is 6.60. The van der Waals surface area contributed by atoms with Gasteiger partial charge in [-0.2, -0.15) is 13.2 Å². The number of aromatic nitrogens is 3. The molecule has 1 aromatic heterocycles. The molecule has 0 spiro atoms. The molecule has 0 aliphatic carbocycles. The summed E-state index contributed by atoms with van der Waals surface area (Å²) in [6.07, 6.45) is -3.74. The highest BCUT2D eigenvalue weighted by Crippen LogP contribution is 2.26. The summed E-state index contributed by atoms with van der Waals surface area (Å²) in [7, 11) is 1.58. The number of alkyl halides is 3. The van der Waals surface area contributed by atoms with Crippen LogP contribution in [0.5, 0.6) is 5.75 Å². The number of nitrogens with one attached hydrogen (secondary N) is 1. The number of benzene rings is 2. The number of halogens is 3. The van der Waals surface area contributed by atoms with Gasteiger partial charge in [-0.15, -0.1) is 10.2 Å². The summed E-state index contributed by atoms with van der Waals surface area (Å²) in [5.41, 5.74) is 1.94. The lowest BCUT2D eigenvalue weighted by molar-refractivity contribution is -0.136. The SMILES string of the molecule is COc1ccc(-c2nnc(SCC(=O)NCC(F)(F)F)n2CCc2ccccc2)cc1. The van der Waals surface area contributed by atoms with E-state index in [-0.39, 0.29) is 5.75 Å². The molecule has 0 bridgehead atoms. The molecule has 0 saturated carbocycles. The number of nitrogens with zero attached hydrogens (tertiary/aromatic N) is 3. The predicted molar refractivity (Wildman–Crippen MR) is 112 cm³/mol. The number of carbonyl (C=O) groups excluding carboxylic acids is 1. The van der Waals surface area contributed by atoms with Crippen LogP contribution in [0.25, 0.3) is 11.4 Å². The van der Waals surface area contributed by atoms with Crippen LogP contribution in [0, 0.1) is 0 Å². The summed E-state index contributed by atoms with van der Waals surface area (Å²) in [5.74, 6) is 0.403. The molecule has 0 unspecified atom stereocenters. The number of hydrogen-bond donors (Lipinski definition) is 1. The zero-order chi connectivity index (χ0) is 22.3. The molecule has 0 atom stereocenters. The Kier molecular flexibility index (Phi) is 7.56. The van der Waals surface area contributed by atoms with Crippen molar-refractivity contribution in [2.75, 3.05) is 19.4 Å². The minimum atomic E-state index is -4.45. The van der Waals surface area contributed by atoms with E-state index < -0.39 is 18.6 Å². The van der Waals surface area contributed by atoms with Crippen LogP contribution < -0.4 is 10.1 Å². The Morgan fingerprint density at radius 1 is 1.10 bits per heavy atom. The van der Waals surface area contributed by atoms with E-state index in [2.05, 4.69) is 10.2 Å². The van der Waals surface area contributed by atoms with Crippen molar-refractivity contribution in [3.8, 4) is 17.1 Å². The molecule has 1 heterocycles. The van der Waals surface area contributed by atoms with E-state index in [1.165, 1.54) is 0 Å². The molecule has 164 valence electrons. The van der Waals surface area contributed by atoms with Gasteiger partial charge in [0.25, 0.3) is 0 Å². The number of amides is 1. The van der Waals surface area contributed by atoms with E-state index in [1.54, 1.807) is 7.11 Å². The van der Waals surface area contributed by atoms with Gasteiger partial charge >= 0.3 is 6.18 Å². The summed E-state index contributed by atoms with van der Waals surface area (Å²) in [4.78, 5) is 11.8. The molecule has 31 heavy (non-hydrogen) atoms. The van der Waals surface area contributed by atoms with Gasteiger partial charge in [-0.1, -0.05) is 42.1 Å². The van der Waals surface area contributed by atoms with Gasteiger partial charge < -0.3 is 14.6 Å². The Balaban J connectivity index is 1.77. The highest BCUT2D eigenvalue weighted by Gasteiger charge is 2.27. The van der Waals surface area contributed by atoms with E-state index in [9.17, 15) is 18.0 Å². The van der Waals surface area contributed by atoms with Crippen LogP contribution >= 0.6 is 11.8 Å². The fraction of sp³-hybridized carbons (Fsp3) is 0.286. The lowest BCUT2D eigenvalue weighted by atomic mass is 10.1. The molecule has 0 saturated heterocycles. The average molecular weight is 450 g/mol. The van der Waals surface area contributed by atoms with Gasteiger partial charge in [-0.3, -0.25) is 4.79 Å². The third-order valence-electron chi connectivity index (χ3n) is 4.35. The van der Waals surface area contributed by atoms with Crippen LogP contribution in [-0.4, -0.2) is 46.3 Å². The van der Waals surface area contributed by atoms with Gasteiger partial charge in [0.2, 0.25) is 5.91 Å². The van der Waals surface area contributed by atoms with Crippen molar-refractivity contribution < 1.29 is 22.7 Å². The lowest BCUT2D eigenvalue weighted by Gasteiger charge is -2.11. The van der Waals surface area contributed by atoms with Crippen molar-refractivity contribution in [2.45, 2.75) is 24.3 Å². The van der Waals surface area contributed by atoms with Crippen LogP contribution in [0.2, 0.25) is 0 Å². The second kappa shape index (κ2) is 10.3. The molecule has 6 nitrogen and oxygen atoms in total. The number of rotatable bonds is 9. The van der Waals surface area contributed by atoms with Crippen molar-refractivity contribution >= 4 is 17.7 Å². The maximum absolute atomic E-state index is 12.3. The molecule has 3 rings (SSSR count). The van der Waals surface area contributed by atoms with Crippen molar-refractivity contribution in [1.82, 2.24) is 20.1 Å². The molecule has 0 radical (unpaired) electrons. The van der Waals surface area contributed by atoms with E-state index in [0.717, 1.165) is 22.9 Å². The summed E-state index contributed by atoms with van der Waals surface area (Å²) in [6, 6.07) is 17.2. The molecular weight excluding hydrogens is 429 g/mol. The highest BCUT2D eigenvalue weighted by atomic mass is 32.2. The van der Waals surface area contributed by atoms with Gasteiger partial charge in [-0.05, 0) is 36.2 Å². The molecule has 1 amide bonds. The first-order chi connectivity index (χ1) is 14.9. The predicted octanol–water partition coefficient (Wildman–Crippen LogP) is 3.97. The van der Waals surface area contributed by atoms with Gasteiger partial charge in [-0.25, -0.2) is 0 Å². The van der Waals surface area contributed by atoms with Crippen molar-refractivity contribution in [2.24, 2.45) is 0 Å². The summed E-state index contributed by atoms with van der Waals surface area (Å²) >= 11 is 1.05. The van der Waals surface area contributed by atoms with Crippen molar-refractivity contribution in [3.63, 3.8) is 0 Å². The van der Waals surface area contributed by atoms with Gasteiger partial charge in [0.15, 0.2) is 11.0 Å². The zero-order valence-electron chi connectivity index (χ0n) is 16.7. The Bertz CT molecular complexity index is 992. The highest BCUT2D eigenvalue weighted by molar-refractivity contribution is 7.99. The number of thioether (sulfide) groups is 1. The number of aryl methyl sites for hydroxylation is 1. The topological polar surface area (TPSA) is 69.0 Å². The average Bonchev–Trinajstić information content (AvgIpc) is 3.18. The van der Waals surface area contributed by atoms with Crippen molar-refractivity contribution in [3.05, 3.63) is 60.2 Å². The third-order valence-corrected chi connectivity index (χ3v) is 5.32. The Labute approximate surface area is 181 Å². The maximum Gasteiger partial charge on any atom is 0.405 e. The number of methoxy groups -OCH3 is 1. The Hall–Kier alpha value is -3.01. The molecule has 3 aromatic rings. The van der Waals surface area contributed by atoms with Gasteiger partial charge in [0.05, 0.1) is 12.9 Å². The third kappa shape index (κ3) is 6.74. The summed E-state index contributed by atoms with van der Waals surface area (Å²) < 4.78 is 43.9. The maximum atomic E-state index is 12.3. The first-order valence-electron chi connectivity index (χ1n) is 9.43. The van der Waals surface area contributed by atoms with E-state index in [0.29, 0.717) is 29.7 Å². The molecule has 0 aliphatic rings. The van der Waals surface area contributed by atoms with Gasteiger partial charge in [0.1, 0.15) is 12.3 Å². The molecule has 2 aromatic carbocycles. The van der Waals surface area contributed by atoms with Crippen LogP contribution in [0.1, 0.15) is 5.56 Å². The van der Waals surface area contributed by atoms with Crippen molar-refractivity contribution in [1.29, 1.82) is 0 Å². The fourth-order valence-electron chi connectivity index (χ4n) is 2.82. The van der Waals surface area contributed by atoms with Crippen LogP contribution in [-0.2, 0) is 17.8 Å². The number of hydrogen-bond acceptors (Lipinski definition) is 5. The van der Waals surface area contributed by atoms with E-state index >= 15 is 0 Å². The molecule has 0 aliphatic heterocycles. The van der Waals surface area contributed by atoms with E-state index in [1.807, 2.05) is 64.5 Å². The molecular formula is C21H21F3N4O2S. The molecule has 0 fully saturated rings. The summed E-state index contributed by atoms with van der Waals surface area (Å²) in [5, 5.41) is 10.8. The zero-order valence-corrected chi connectivity index (χ0v) is 17.5. The van der Waals surface area contributed by atoms with Crippen LogP contribution in [0.4, 0.5) is 13.2 Å². The Morgan fingerprint density at radius 3 is 2.45 bits per heavy atom. The molecule has 10 heteroatoms. The van der Waals surface area contributed by atoms with Gasteiger partial charge in [0, 0.05) is 12.1 Å². The molecule has 1 N–H and O–H groups in total. The number of ether oxygens (including phenoxy) is 1. The van der Waals surface area contributed by atoms with Crippen LogP contribution in [0.15, 0.2) is 59.8 Å². The smallest absolute Gasteiger partial charge is 0.405 e. The standard InChI is InChI=1S/C21H21F3N4O2S/c1-30-17-9-7-16(8-10-17)19-26-27-20(31-13-18(29)25-14-21(22,23)24)28(19)12-11-15-5-3-2-4-6-15/h2-10H,11-14H2,1H3,(H,25,29). The minimum absolute atomic E-state index is 0.192. The normalized spacial score (nSPS) is 11.4. The van der Waals surface area contributed by atoms with Crippen LogP contribution in [0.3, 0.4) is 0 Å². The monoisotopic (exact) mass is 450 g/mol. The quantitative estimate of drug-likeness (QED) is 0.500. The number of carbonyl (C=O) groups is 1. The lowest BCUT2D eigenvalue weighted by Crippen LogP contribution is -2.34. The summed E-state index contributed by atoms with van der Waals surface area (Å²) in [6.45, 7) is -0.810. The minimum Gasteiger partial charge on any atom is -0.497 e. The second-order valence-corrected chi connectivity index (χ2v) is 7.55. The first-order valence-corrected chi connectivity index (χ1v) is 10.4. The Morgan fingerprint density at radius 2 is 1.81 bits per heavy atom. The fourth-order valence-corrected chi connectivity index (χ4v) is 3.61.